The van der Waals surface area contributed by atoms with Crippen LogP contribution in [-0.2, 0) is 0 Å². The highest BCUT2D eigenvalue weighted by Crippen LogP contribution is 1.98. The van der Waals surface area contributed by atoms with Gasteiger partial charge in [-0.15, -0.1) is 0 Å². The first-order chi connectivity index (χ1) is 3.80. The number of hydrogen-bond donors (Lipinski definition) is 1. The minimum absolute atomic E-state index is 0.404. The summed E-state index contributed by atoms with van der Waals surface area (Å²) in [6, 6.07) is 0.404. The summed E-state index contributed by atoms with van der Waals surface area (Å²) >= 11 is 0. The second-order valence-electron chi connectivity index (χ2n) is 1.99. The van der Waals surface area contributed by atoms with Crippen molar-refractivity contribution in [2.45, 2.75) is 19.9 Å². The van der Waals surface area contributed by atoms with Crippen molar-refractivity contribution in [3.8, 4) is 0 Å². The van der Waals surface area contributed by atoms with Crippen LogP contribution in [0, 0.1) is 0 Å². The lowest BCUT2D eigenvalue weighted by molar-refractivity contribution is 0.179. The summed E-state index contributed by atoms with van der Waals surface area (Å²) in [6.45, 7) is 4.73. The lowest BCUT2D eigenvalue weighted by Crippen LogP contribution is -2.34. The molecule has 4 nitrogen and oxygen atoms in total. The van der Waals surface area contributed by atoms with E-state index in [4.69, 9.17) is 0 Å². The third-order valence-corrected chi connectivity index (χ3v) is 0.952. The molecule has 1 heterocycles. The van der Waals surface area contributed by atoms with Gasteiger partial charge in [-0.3, -0.25) is 0 Å². The van der Waals surface area contributed by atoms with Gasteiger partial charge in [-0.05, 0) is 13.8 Å². The summed E-state index contributed by atoms with van der Waals surface area (Å²) < 4.78 is 0. The first-order valence-electron chi connectivity index (χ1n) is 2.71. The zero-order valence-corrected chi connectivity index (χ0v) is 5.13. The summed E-state index contributed by atoms with van der Waals surface area (Å²) in [5.74, 6) is 0. The molecule has 1 aliphatic heterocycles. The molecular weight excluding hydrogens is 104 g/mol. The van der Waals surface area contributed by atoms with E-state index in [0.717, 1.165) is 0 Å². The van der Waals surface area contributed by atoms with Crippen molar-refractivity contribution < 1.29 is 0 Å². The van der Waals surface area contributed by atoms with Crippen molar-refractivity contribution in [3.05, 3.63) is 0 Å². The molecule has 1 aliphatic rings. The first kappa shape index (κ1) is 5.50. The molecule has 0 saturated heterocycles. The van der Waals surface area contributed by atoms with E-state index in [1.54, 1.807) is 5.12 Å². The van der Waals surface area contributed by atoms with Crippen LogP contribution in [0.1, 0.15) is 13.8 Å². The summed E-state index contributed by atoms with van der Waals surface area (Å²) in [4.78, 5) is 0. The Bertz CT molecular complexity index is 98.2. The van der Waals surface area contributed by atoms with Crippen LogP contribution >= 0.6 is 0 Å². The van der Waals surface area contributed by atoms with Gasteiger partial charge in [0.25, 0.3) is 0 Å². The van der Waals surface area contributed by atoms with Gasteiger partial charge in [-0.1, -0.05) is 5.22 Å². The third-order valence-electron chi connectivity index (χ3n) is 0.952. The third kappa shape index (κ3) is 0.949. The molecule has 1 N–H and O–H groups in total. The first-order valence-corrected chi connectivity index (χ1v) is 2.71. The highest BCUT2D eigenvalue weighted by molar-refractivity contribution is 4.52. The largest absolute Gasteiger partial charge is 0.207 e. The Labute approximate surface area is 48.5 Å². The Balaban J connectivity index is 2.36. The van der Waals surface area contributed by atoms with Crippen molar-refractivity contribution in [3.63, 3.8) is 0 Å². The standard InChI is InChI=1S/C4H10N4/c1-4(2)8-6-3-5-7-8/h4,6H,3H2,1-2H3. The summed E-state index contributed by atoms with van der Waals surface area (Å²) in [7, 11) is 0. The average molecular weight is 114 g/mol. The van der Waals surface area contributed by atoms with Crippen LogP contribution in [-0.4, -0.2) is 17.8 Å². The van der Waals surface area contributed by atoms with E-state index in [2.05, 4.69) is 29.6 Å². The summed E-state index contributed by atoms with van der Waals surface area (Å²) in [5.41, 5.74) is 2.96. The smallest absolute Gasteiger partial charge is 0.130 e. The molecule has 0 bridgehead atoms. The van der Waals surface area contributed by atoms with Gasteiger partial charge in [-0.2, -0.15) is 10.5 Å². The Hall–Kier alpha value is -0.640. The van der Waals surface area contributed by atoms with Crippen molar-refractivity contribution in [2.24, 2.45) is 10.3 Å². The van der Waals surface area contributed by atoms with Crippen LogP contribution < -0.4 is 5.43 Å². The fourth-order valence-corrected chi connectivity index (χ4v) is 0.521. The van der Waals surface area contributed by atoms with Gasteiger partial charge in [-0.25, -0.2) is 5.12 Å². The minimum Gasteiger partial charge on any atom is -0.207 e. The molecule has 4 heteroatoms. The number of hydrazine groups is 1. The maximum atomic E-state index is 3.78. The molecule has 1 rings (SSSR count). The Morgan fingerprint density at radius 3 is 2.62 bits per heavy atom. The molecule has 0 aromatic carbocycles. The molecule has 0 amide bonds. The van der Waals surface area contributed by atoms with Crippen molar-refractivity contribution in [1.82, 2.24) is 10.5 Å². The Morgan fingerprint density at radius 1 is 1.62 bits per heavy atom. The van der Waals surface area contributed by atoms with Gasteiger partial charge in [0.15, 0.2) is 0 Å². The van der Waals surface area contributed by atoms with Gasteiger partial charge in [0, 0.05) is 0 Å². The molecule has 46 valence electrons. The maximum absolute atomic E-state index is 3.78. The zero-order valence-electron chi connectivity index (χ0n) is 5.13. The summed E-state index contributed by atoms with van der Waals surface area (Å²) in [5, 5.41) is 9.24. The topological polar surface area (TPSA) is 40.0 Å². The molecule has 0 radical (unpaired) electrons. The van der Waals surface area contributed by atoms with E-state index in [1.165, 1.54) is 0 Å². The van der Waals surface area contributed by atoms with Gasteiger partial charge in [0.05, 0.1) is 6.04 Å². The number of nitrogens with zero attached hydrogens (tertiary/aromatic N) is 3. The molecule has 8 heavy (non-hydrogen) atoms. The minimum atomic E-state index is 0.404. The molecule has 0 fully saturated rings. The monoisotopic (exact) mass is 114 g/mol. The predicted molar refractivity (Wildman–Crippen MR) is 29.8 cm³/mol. The highest BCUT2D eigenvalue weighted by Gasteiger charge is 2.08. The van der Waals surface area contributed by atoms with Crippen LogP contribution in [0.5, 0.6) is 0 Å². The highest BCUT2D eigenvalue weighted by atomic mass is 15.8. The fraction of sp³-hybridized carbons (Fsp3) is 1.00. The lowest BCUT2D eigenvalue weighted by Gasteiger charge is -2.14. The second kappa shape index (κ2) is 2.09. The van der Waals surface area contributed by atoms with Crippen LogP contribution in [0.2, 0.25) is 0 Å². The molecule has 0 aromatic heterocycles. The SMILES string of the molecule is CC(C)N1N=NCN1. The van der Waals surface area contributed by atoms with Gasteiger partial charge >= 0.3 is 0 Å². The molecule has 0 spiro atoms. The van der Waals surface area contributed by atoms with Crippen LogP contribution in [0.15, 0.2) is 10.3 Å². The van der Waals surface area contributed by atoms with Gasteiger partial charge in [0.1, 0.15) is 6.67 Å². The second-order valence-corrected chi connectivity index (χ2v) is 1.99. The quantitative estimate of drug-likeness (QED) is 0.540. The summed E-state index contributed by atoms with van der Waals surface area (Å²) in [6.07, 6.45) is 0. The zero-order chi connectivity index (χ0) is 5.98. The van der Waals surface area contributed by atoms with E-state index in [-0.39, 0.29) is 0 Å². The molecular formula is C4H10N4. The molecule has 0 unspecified atom stereocenters. The van der Waals surface area contributed by atoms with E-state index in [1.807, 2.05) is 0 Å². The van der Waals surface area contributed by atoms with Crippen molar-refractivity contribution in [1.29, 1.82) is 0 Å². The average Bonchev–Trinajstić information content (AvgIpc) is 2.12. The van der Waals surface area contributed by atoms with Crippen LogP contribution in [0.25, 0.3) is 0 Å². The van der Waals surface area contributed by atoms with E-state index >= 15 is 0 Å². The number of hydrogen-bond acceptors (Lipinski definition) is 4. The Kier molecular flexibility index (Phi) is 1.43. The molecule has 0 aromatic rings. The molecule has 0 aliphatic carbocycles. The van der Waals surface area contributed by atoms with E-state index in [9.17, 15) is 0 Å². The van der Waals surface area contributed by atoms with Crippen LogP contribution in [0.3, 0.4) is 0 Å². The Morgan fingerprint density at radius 2 is 2.38 bits per heavy atom. The maximum Gasteiger partial charge on any atom is 0.130 e. The lowest BCUT2D eigenvalue weighted by atomic mass is 10.4. The van der Waals surface area contributed by atoms with Gasteiger partial charge in [0.2, 0.25) is 0 Å². The number of rotatable bonds is 1. The van der Waals surface area contributed by atoms with E-state index < -0.39 is 0 Å². The van der Waals surface area contributed by atoms with Crippen LogP contribution in [0.4, 0.5) is 0 Å². The van der Waals surface area contributed by atoms with Crippen molar-refractivity contribution in [2.75, 3.05) is 6.67 Å². The number of nitrogens with one attached hydrogen (secondary N) is 1. The molecule has 0 saturated carbocycles. The molecule has 0 atom stereocenters. The fourth-order valence-electron chi connectivity index (χ4n) is 0.521. The normalized spacial score (nSPS) is 18.6. The van der Waals surface area contributed by atoms with Crippen molar-refractivity contribution >= 4 is 0 Å². The van der Waals surface area contributed by atoms with E-state index in [0.29, 0.717) is 12.7 Å². The predicted octanol–water partition coefficient (Wildman–Crippen LogP) is 0.540. The van der Waals surface area contributed by atoms with Gasteiger partial charge < -0.3 is 0 Å².